The lowest BCUT2D eigenvalue weighted by Gasteiger charge is -2.05. The van der Waals surface area contributed by atoms with Gasteiger partial charge in [-0.1, -0.05) is 17.3 Å². The first-order chi connectivity index (χ1) is 13.1. The highest BCUT2D eigenvalue weighted by molar-refractivity contribution is 5.98. The monoisotopic (exact) mass is 361 g/mol. The molecular formula is C18H15N7O2. The molecule has 0 aliphatic carbocycles. The maximum atomic E-state index is 10.6. The van der Waals surface area contributed by atoms with Crippen LogP contribution in [0.15, 0.2) is 53.8 Å². The van der Waals surface area contributed by atoms with Gasteiger partial charge < -0.3 is 5.11 Å². The number of aromatic nitrogens is 5. The van der Waals surface area contributed by atoms with Gasteiger partial charge in [-0.05, 0) is 42.8 Å². The molecule has 134 valence electrons. The van der Waals surface area contributed by atoms with Gasteiger partial charge >= 0.3 is 6.09 Å². The largest absolute Gasteiger partial charge is 0.464 e. The Bertz CT molecular complexity index is 1180. The highest BCUT2D eigenvalue weighted by Gasteiger charge is 2.10. The summed E-state index contributed by atoms with van der Waals surface area (Å²) in [5.74, 6) is 0. The lowest BCUT2D eigenvalue weighted by molar-refractivity contribution is 0.195. The van der Waals surface area contributed by atoms with E-state index >= 15 is 0 Å². The zero-order valence-corrected chi connectivity index (χ0v) is 14.4. The molecule has 3 aromatic heterocycles. The van der Waals surface area contributed by atoms with Crippen molar-refractivity contribution in [3.63, 3.8) is 0 Å². The molecule has 9 nitrogen and oxygen atoms in total. The van der Waals surface area contributed by atoms with Crippen LogP contribution in [-0.4, -0.2) is 41.9 Å². The third-order valence-electron chi connectivity index (χ3n) is 4.05. The molecule has 0 radical (unpaired) electrons. The Morgan fingerprint density at radius 3 is 2.93 bits per heavy atom. The number of fused-ring (bicyclic) bond motifs is 2. The van der Waals surface area contributed by atoms with Crippen LogP contribution >= 0.6 is 0 Å². The predicted molar refractivity (Wildman–Crippen MR) is 99.5 cm³/mol. The van der Waals surface area contributed by atoms with Gasteiger partial charge in [0.25, 0.3) is 0 Å². The quantitative estimate of drug-likeness (QED) is 0.426. The molecule has 0 fully saturated rings. The summed E-state index contributed by atoms with van der Waals surface area (Å²) in [5.41, 5.74) is 6.21. The number of nitrogens with zero attached hydrogens (tertiary/aromatic N) is 6. The van der Waals surface area contributed by atoms with Crippen molar-refractivity contribution >= 4 is 33.9 Å². The van der Waals surface area contributed by atoms with Crippen molar-refractivity contribution in [1.82, 2.24) is 30.4 Å². The minimum Gasteiger partial charge on any atom is -0.464 e. The van der Waals surface area contributed by atoms with Crippen LogP contribution in [-0.2, 0) is 6.54 Å². The van der Waals surface area contributed by atoms with Gasteiger partial charge in [-0.25, -0.2) is 19.9 Å². The summed E-state index contributed by atoms with van der Waals surface area (Å²) >= 11 is 0. The molecule has 0 unspecified atom stereocenters. The summed E-state index contributed by atoms with van der Waals surface area (Å²) in [6.45, 7) is 2.18. The highest BCUT2D eigenvalue weighted by atomic mass is 16.4. The number of hydrogen-bond acceptors (Lipinski definition) is 6. The number of hydrogen-bond donors (Lipinski definition) is 2. The second-order valence-electron chi connectivity index (χ2n) is 5.93. The topological polar surface area (TPSA) is 118 Å². The number of nitrogens with one attached hydrogen (secondary N) is 1. The zero-order valence-electron chi connectivity index (χ0n) is 14.4. The third-order valence-corrected chi connectivity index (χ3v) is 4.05. The standard InChI is InChI=1S/C18H15N7O2/c1-11(21-23-18(26)27)14-6-7-16-17(20-14)25(24-22-16)10-12-4-5-15-13(9-12)3-2-8-19-15/h2-9,23H,10H2,1H3,(H,26,27). The van der Waals surface area contributed by atoms with Crippen LogP contribution in [0.4, 0.5) is 4.79 Å². The Morgan fingerprint density at radius 1 is 1.22 bits per heavy atom. The molecule has 0 bridgehead atoms. The fourth-order valence-corrected chi connectivity index (χ4v) is 2.75. The smallest absolute Gasteiger partial charge is 0.425 e. The normalized spacial score (nSPS) is 11.8. The summed E-state index contributed by atoms with van der Waals surface area (Å²) in [6.07, 6.45) is 0.537. The van der Waals surface area contributed by atoms with E-state index in [-0.39, 0.29) is 0 Å². The molecule has 0 spiro atoms. The minimum atomic E-state index is -1.23. The Morgan fingerprint density at radius 2 is 2.07 bits per heavy atom. The zero-order chi connectivity index (χ0) is 18.8. The number of hydrazone groups is 1. The molecular weight excluding hydrogens is 346 g/mol. The van der Waals surface area contributed by atoms with Crippen molar-refractivity contribution in [1.29, 1.82) is 0 Å². The Labute approximate surface area is 153 Å². The fourth-order valence-electron chi connectivity index (χ4n) is 2.75. The van der Waals surface area contributed by atoms with Gasteiger partial charge in [-0.2, -0.15) is 5.10 Å². The molecule has 0 saturated heterocycles. The average molecular weight is 361 g/mol. The number of rotatable bonds is 4. The minimum absolute atomic E-state index is 0.448. The van der Waals surface area contributed by atoms with E-state index in [0.29, 0.717) is 29.1 Å². The second kappa shape index (κ2) is 6.79. The van der Waals surface area contributed by atoms with Gasteiger partial charge in [0.05, 0.1) is 23.5 Å². The van der Waals surface area contributed by atoms with E-state index in [1.807, 2.05) is 29.7 Å². The molecule has 0 aliphatic rings. The summed E-state index contributed by atoms with van der Waals surface area (Å²) < 4.78 is 1.70. The van der Waals surface area contributed by atoms with Gasteiger partial charge in [0.15, 0.2) is 5.65 Å². The molecule has 27 heavy (non-hydrogen) atoms. The molecule has 0 atom stereocenters. The first kappa shape index (κ1) is 16.6. The lowest BCUT2D eigenvalue weighted by atomic mass is 10.1. The Kier molecular flexibility index (Phi) is 4.17. The maximum Gasteiger partial charge on any atom is 0.425 e. The van der Waals surface area contributed by atoms with Crippen LogP contribution in [0.1, 0.15) is 18.2 Å². The second-order valence-corrected chi connectivity index (χ2v) is 5.93. The number of carbonyl (C=O) groups is 1. The van der Waals surface area contributed by atoms with Crippen LogP contribution in [0.25, 0.3) is 22.1 Å². The van der Waals surface area contributed by atoms with Gasteiger partial charge in [0.2, 0.25) is 0 Å². The molecule has 3 heterocycles. The summed E-state index contributed by atoms with van der Waals surface area (Å²) in [7, 11) is 0. The first-order valence-corrected chi connectivity index (χ1v) is 8.18. The third kappa shape index (κ3) is 3.43. The SMILES string of the molecule is CC(=NNC(=O)O)c1ccc2nnn(Cc3ccc4ncccc4c3)c2n1. The molecule has 0 aliphatic heterocycles. The molecule has 9 heteroatoms. The van der Waals surface area contributed by atoms with Gasteiger partial charge in [-0.15, -0.1) is 5.10 Å². The summed E-state index contributed by atoms with van der Waals surface area (Å²) in [5, 5.41) is 21.8. The molecule has 1 amide bonds. The fraction of sp³-hybridized carbons (Fsp3) is 0.111. The molecule has 4 aromatic rings. The molecule has 2 N–H and O–H groups in total. The number of amides is 1. The Hall–Kier alpha value is -3.88. The summed E-state index contributed by atoms with van der Waals surface area (Å²) in [6, 6.07) is 13.4. The van der Waals surface area contributed by atoms with Crippen LogP contribution in [0.2, 0.25) is 0 Å². The van der Waals surface area contributed by atoms with Crippen molar-refractivity contribution in [2.24, 2.45) is 5.10 Å². The lowest BCUT2D eigenvalue weighted by Crippen LogP contribution is -2.16. The number of benzene rings is 1. The summed E-state index contributed by atoms with van der Waals surface area (Å²) in [4.78, 5) is 19.4. The Balaban J connectivity index is 1.67. The van der Waals surface area contributed by atoms with E-state index in [2.05, 4.69) is 31.4 Å². The van der Waals surface area contributed by atoms with Crippen molar-refractivity contribution < 1.29 is 9.90 Å². The molecule has 1 aromatic carbocycles. The average Bonchev–Trinajstić information content (AvgIpc) is 3.08. The highest BCUT2D eigenvalue weighted by Crippen LogP contribution is 2.16. The molecule has 0 saturated carbocycles. The van der Waals surface area contributed by atoms with E-state index in [4.69, 9.17) is 5.11 Å². The number of carboxylic acid groups (broad SMARTS) is 1. The number of pyridine rings is 2. The predicted octanol–water partition coefficient (Wildman–Crippen LogP) is 2.41. The van der Waals surface area contributed by atoms with Crippen LogP contribution < -0.4 is 5.43 Å². The van der Waals surface area contributed by atoms with Crippen molar-refractivity contribution in [2.75, 3.05) is 0 Å². The van der Waals surface area contributed by atoms with Gasteiger partial charge in [-0.3, -0.25) is 4.98 Å². The van der Waals surface area contributed by atoms with Crippen LogP contribution in [0.3, 0.4) is 0 Å². The van der Waals surface area contributed by atoms with E-state index < -0.39 is 6.09 Å². The first-order valence-electron chi connectivity index (χ1n) is 8.18. The van der Waals surface area contributed by atoms with Crippen molar-refractivity contribution in [2.45, 2.75) is 13.5 Å². The van der Waals surface area contributed by atoms with Crippen molar-refractivity contribution in [3.05, 3.63) is 59.9 Å². The van der Waals surface area contributed by atoms with Crippen LogP contribution in [0, 0.1) is 0 Å². The van der Waals surface area contributed by atoms with Gasteiger partial charge in [0.1, 0.15) is 5.52 Å². The molecule has 4 rings (SSSR count). The maximum absolute atomic E-state index is 10.6. The van der Waals surface area contributed by atoms with E-state index in [0.717, 1.165) is 16.5 Å². The van der Waals surface area contributed by atoms with E-state index in [9.17, 15) is 4.79 Å². The van der Waals surface area contributed by atoms with Crippen LogP contribution in [0.5, 0.6) is 0 Å². The van der Waals surface area contributed by atoms with Crippen molar-refractivity contribution in [3.8, 4) is 0 Å². The van der Waals surface area contributed by atoms with E-state index in [1.54, 1.807) is 29.9 Å². The van der Waals surface area contributed by atoms with Gasteiger partial charge in [0, 0.05) is 11.6 Å². The van der Waals surface area contributed by atoms with E-state index in [1.165, 1.54) is 0 Å².